The first-order valence-electron chi connectivity index (χ1n) is 6.40. The number of ether oxygens (including phenoxy) is 2. The van der Waals surface area contributed by atoms with Crippen LogP contribution in [0.4, 0.5) is 16.2 Å². The van der Waals surface area contributed by atoms with Gasteiger partial charge in [0.05, 0.1) is 25.0 Å². The van der Waals surface area contributed by atoms with Gasteiger partial charge in [-0.05, 0) is 37.5 Å². The SMILES string of the molecule is CCOC(=O)c1c(CC)cc(N)c(C)c1NC(=O)OC. The van der Waals surface area contributed by atoms with Gasteiger partial charge in [0.2, 0.25) is 0 Å². The fraction of sp³-hybridized carbons (Fsp3) is 0.429. The zero-order chi connectivity index (χ0) is 15.3. The summed E-state index contributed by atoms with van der Waals surface area (Å²) >= 11 is 0. The molecular formula is C14H20N2O4. The number of esters is 1. The molecule has 0 bridgehead atoms. The average Bonchev–Trinajstić information content (AvgIpc) is 2.43. The first kappa shape index (κ1) is 15.8. The zero-order valence-corrected chi connectivity index (χ0v) is 12.2. The summed E-state index contributed by atoms with van der Waals surface area (Å²) in [6, 6.07) is 1.73. The average molecular weight is 280 g/mol. The van der Waals surface area contributed by atoms with E-state index in [2.05, 4.69) is 10.1 Å². The van der Waals surface area contributed by atoms with Crippen LogP contribution in [0.2, 0.25) is 0 Å². The second-order valence-electron chi connectivity index (χ2n) is 4.19. The van der Waals surface area contributed by atoms with Gasteiger partial charge in [0, 0.05) is 5.69 Å². The minimum Gasteiger partial charge on any atom is -0.462 e. The summed E-state index contributed by atoms with van der Waals surface area (Å²) in [7, 11) is 1.25. The van der Waals surface area contributed by atoms with Gasteiger partial charge in [0.15, 0.2) is 0 Å². The predicted octanol–water partition coefficient (Wildman–Crippen LogP) is 2.49. The Morgan fingerprint density at radius 1 is 1.35 bits per heavy atom. The number of rotatable bonds is 4. The molecule has 0 aliphatic heterocycles. The van der Waals surface area contributed by atoms with E-state index in [1.165, 1.54) is 7.11 Å². The number of benzene rings is 1. The highest BCUT2D eigenvalue weighted by atomic mass is 16.5. The molecule has 6 heteroatoms. The largest absolute Gasteiger partial charge is 0.462 e. The van der Waals surface area contributed by atoms with Crippen molar-refractivity contribution in [3.05, 3.63) is 22.8 Å². The second-order valence-corrected chi connectivity index (χ2v) is 4.19. The van der Waals surface area contributed by atoms with Crippen molar-refractivity contribution >= 4 is 23.4 Å². The van der Waals surface area contributed by atoms with E-state index in [1.54, 1.807) is 19.9 Å². The summed E-state index contributed by atoms with van der Waals surface area (Å²) in [5.74, 6) is -0.487. The number of carbonyl (C=O) groups is 2. The molecule has 1 rings (SSSR count). The molecule has 0 unspecified atom stereocenters. The van der Waals surface area contributed by atoms with Crippen LogP contribution in [0.15, 0.2) is 6.07 Å². The number of anilines is 2. The molecule has 0 saturated carbocycles. The summed E-state index contributed by atoms with van der Waals surface area (Å²) in [6.45, 7) is 5.60. The molecular weight excluding hydrogens is 260 g/mol. The summed E-state index contributed by atoms with van der Waals surface area (Å²) in [6.07, 6.45) is -0.0691. The smallest absolute Gasteiger partial charge is 0.411 e. The Labute approximate surface area is 118 Å². The van der Waals surface area contributed by atoms with E-state index < -0.39 is 12.1 Å². The Morgan fingerprint density at radius 3 is 2.50 bits per heavy atom. The number of hydrogen-bond acceptors (Lipinski definition) is 5. The lowest BCUT2D eigenvalue weighted by atomic mass is 9.97. The third-order valence-corrected chi connectivity index (χ3v) is 2.98. The van der Waals surface area contributed by atoms with E-state index in [4.69, 9.17) is 10.5 Å². The minimum absolute atomic E-state index is 0.253. The van der Waals surface area contributed by atoms with Crippen LogP contribution in [-0.2, 0) is 15.9 Å². The molecule has 1 amide bonds. The highest BCUT2D eigenvalue weighted by molar-refractivity contribution is 6.03. The highest BCUT2D eigenvalue weighted by Crippen LogP contribution is 2.31. The van der Waals surface area contributed by atoms with Crippen LogP contribution in [0.25, 0.3) is 0 Å². The fourth-order valence-corrected chi connectivity index (χ4v) is 1.89. The lowest BCUT2D eigenvalue weighted by molar-refractivity contribution is 0.0526. The van der Waals surface area contributed by atoms with Crippen LogP contribution in [0.3, 0.4) is 0 Å². The van der Waals surface area contributed by atoms with Crippen molar-refractivity contribution in [1.82, 2.24) is 0 Å². The van der Waals surface area contributed by atoms with Crippen molar-refractivity contribution in [2.75, 3.05) is 24.8 Å². The molecule has 3 N–H and O–H groups in total. The molecule has 110 valence electrons. The Kier molecular flexibility index (Phi) is 5.37. The number of carbonyl (C=O) groups excluding carboxylic acids is 2. The van der Waals surface area contributed by atoms with Crippen LogP contribution in [0.1, 0.15) is 35.3 Å². The van der Waals surface area contributed by atoms with Crippen molar-refractivity contribution < 1.29 is 19.1 Å². The van der Waals surface area contributed by atoms with Gasteiger partial charge in [-0.2, -0.15) is 0 Å². The Morgan fingerprint density at radius 2 is 2.00 bits per heavy atom. The lowest BCUT2D eigenvalue weighted by Gasteiger charge is -2.17. The fourth-order valence-electron chi connectivity index (χ4n) is 1.89. The zero-order valence-electron chi connectivity index (χ0n) is 12.2. The number of nitrogen functional groups attached to an aromatic ring is 1. The van der Waals surface area contributed by atoms with Gasteiger partial charge in [-0.3, -0.25) is 5.32 Å². The molecule has 0 aromatic heterocycles. The predicted molar refractivity (Wildman–Crippen MR) is 77.0 cm³/mol. The van der Waals surface area contributed by atoms with E-state index in [0.29, 0.717) is 28.9 Å². The maximum atomic E-state index is 12.1. The standard InChI is InChI=1S/C14H20N2O4/c1-5-9-7-10(15)8(3)12(16-14(18)19-4)11(9)13(17)20-6-2/h7H,5-6,15H2,1-4H3,(H,16,18). The van der Waals surface area contributed by atoms with E-state index in [0.717, 1.165) is 5.56 Å². The third-order valence-electron chi connectivity index (χ3n) is 2.98. The van der Waals surface area contributed by atoms with Gasteiger partial charge in [-0.1, -0.05) is 6.92 Å². The van der Waals surface area contributed by atoms with Gasteiger partial charge in [0.1, 0.15) is 0 Å². The summed E-state index contributed by atoms with van der Waals surface area (Å²) < 4.78 is 9.62. The molecule has 0 heterocycles. The maximum Gasteiger partial charge on any atom is 0.411 e. The Bertz CT molecular complexity index is 526. The van der Waals surface area contributed by atoms with Crippen LogP contribution in [0.5, 0.6) is 0 Å². The molecule has 0 saturated heterocycles. The Hall–Kier alpha value is -2.24. The second kappa shape index (κ2) is 6.79. The summed E-state index contributed by atoms with van der Waals surface area (Å²) in [5.41, 5.74) is 8.41. The Balaban J connectivity index is 3.45. The van der Waals surface area contributed by atoms with Gasteiger partial charge in [-0.15, -0.1) is 0 Å². The monoisotopic (exact) mass is 280 g/mol. The molecule has 6 nitrogen and oxygen atoms in total. The number of amides is 1. The molecule has 0 atom stereocenters. The third kappa shape index (κ3) is 3.20. The van der Waals surface area contributed by atoms with Gasteiger partial charge >= 0.3 is 12.1 Å². The lowest BCUT2D eigenvalue weighted by Crippen LogP contribution is -2.19. The minimum atomic E-state index is -0.661. The number of methoxy groups -OCH3 is 1. The van der Waals surface area contributed by atoms with E-state index in [1.807, 2.05) is 6.92 Å². The molecule has 1 aromatic rings. The van der Waals surface area contributed by atoms with E-state index >= 15 is 0 Å². The first-order chi connectivity index (χ1) is 9.46. The molecule has 0 radical (unpaired) electrons. The van der Waals surface area contributed by atoms with Gasteiger partial charge < -0.3 is 15.2 Å². The summed E-state index contributed by atoms with van der Waals surface area (Å²) in [4.78, 5) is 23.6. The number of aryl methyl sites for hydroxylation is 1. The molecule has 20 heavy (non-hydrogen) atoms. The van der Waals surface area contributed by atoms with Gasteiger partial charge in [-0.25, -0.2) is 9.59 Å². The number of nitrogens with two attached hydrogens (primary N) is 1. The maximum absolute atomic E-state index is 12.1. The molecule has 0 spiro atoms. The normalized spacial score (nSPS) is 10.0. The van der Waals surface area contributed by atoms with Crippen molar-refractivity contribution in [1.29, 1.82) is 0 Å². The van der Waals surface area contributed by atoms with Crippen LogP contribution in [-0.4, -0.2) is 25.8 Å². The van der Waals surface area contributed by atoms with Crippen LogP contribution >= 0.6 is 0 Å². The topological polar surface area (TPSA) is 90.6 Å². The summed E-state index contributed by atoms with van der Waals surface area (Å²) in [5, 5.41) is 2.54. The highest BCUT2D eigenvalue weighted by Gasteiger charge is 2.22. The molecule has 1 aromatic carbocycles. The van der Waals surface area contributed by atoms with E-state index in [-0.39, 0.29) is 6.61 Å². The van der Waals surface area contributed by atoms with E-state index in [9.17, 15) is 9.59 Å². The van der Waals surface area contributed by atoms with Crippen molar-refractivity contribution in [2.24, 2.45) is 0 Å². The van der Waals surface area contributed by atoms with Crippen molar-refractivity contribution in [3.8, 4) is 0 Å². The van der Waals surface area contributed by atoms with Crippen LogP contribution < -0.4 is 11.1 Å². The van der Waals surface area contributed by atoms with Crippen LogP contribution in [0, 0.1) is 6.92 Å². The number of hydrogen-bond donors (Lipinski definition) is 2. The molecule has 0 aliphatic carbocycles. The molecule has 0 fully saturated rings. The quantitative estimate of drug-likeness (QED) is 0.653. The molecule has 0 aliphatic rings. The van der Waals surface area contributed by atoms with Crippen molar-refractivity contribution in [3.63, 3.8) is 0 Å². The van der Waals surface area contributed by atoms with Crippen molar-refractivity contribution in [2.45, 2.75) is 27.2 Å². The first-order valence-corrected chi connectivity index (χ1v) is 6.40. The van der Waals surface area contributed by atoms with Gasteiger partial charge in [0.25, 0.3) is 0 Å². The number of nitrogens with one attached hydrogen (secondary N) is 1.